The Morgan fingerprint density at radius 1 is 0.476 bits per heavy atom. The van der Waals surface area contributed by atoms with Gasteiger partial charge in [-0.1, -0.05) is 156 Å². The highest BCUT2D eigenvalue weighted by atomic mass is 32.1. The van der Waals surface area contributed by atoms with E-state index in [1.54, 1.807) is 0 Å². The first-order valence-electron chi connectivity index (χ1n) is 22.6. The highest BCUT2D eigenvalue weighted by Crippen LogP contribution is 2.50. The molecule has 0 spiro atoms. The van der Waals surface area contributed by atoms with E-state index in [0.29, 0.717) is 0 Å². The number of rotatable bonds is 4. The lowest BCUT2D eigenvalue weighted by Gasteiger charge is -2.41. The second kappa shape index (κ2) is 14.4. The van der Waals surface area contributed by atoms with Gasteiger partial charge in [-0.05, 0) is 127 Å². The third-order valence-corrected chi connectivity index (χ3v) is 14.6. The van der Waals surface area contributed by atoms with Crippen molar-refractivity contribution in [3.05, 3.63) is 162 Å². The lowest BCUT2D eigenvalue weighted by molar-refractivity contribution is 0.486. The van der Waals surface area contributed by atoms with Gasteiger partial charge in [0.2, 0.25) is 0 Å². The Bertz CT molecular complexity index is 3020. The molecule has 0 radical (unpaired) electrons. The van der Waals surface area contributed by atoms with Crippen LogP contribution in [0, 0.1) is 0 Å². The standard InChI is InChI=1S/C58H59BN2OS/c1-55(2,3)36-20-26-40(27-21-36)60(41-28-22-37(23-29-41)56(4,5)6)49-35-42(34-44-43-16-13-14-19-52(43)63-54(44)49)61-47-30-24-38(57(7,8)9)32-45(47)59-46-33-39(58(10,11)12)25-31-50(46)62-51-18-15-17-48(61)53(51)59/h13-35H,1-12H3. The largest absolute Gasteiger partial charge is 0.458 e. The number of benzene rings is 7. The number of ether oxygens (including phenoxy) is 1. The summed E-state index contributed by atoms with van der Waals surface area (Å²) in [6, 6.07) is 53.0. The van der Waals surface area contributed by atoms with Crippen LogP contribution in [0.15, 0.2) is 140 Å². The van der Waals surface area contributed by atoms with Crippen LogP contribution in [0.5, 0.6) is 11.5 Å². The van der Waals surface area contributed by atoms with Crippen molar-refractivity contribution < 1.29 is 4.74 Å². The van der Waals surface area contributed by atoms with Gasteiger partial charge in [0.1, 0.15) is 11.5 Å². The summed E-state index contributed by atoms with van der Waals surface area (Å²) < 4.78 is 9.46. The van der Waals surface area contributed by atoms with Gasteiger partial charge in [-0.15, -0.1) is 11.3 Å². The van der Waals surface area contributed by atoms with Gasteiger partial charge in [-0.25, -0.2) is 0 Å². The molecule has 2 aliphatic rings. The Balaban J connectivity index is 1.27. The molecule has 0 unspecified atom stereocenters. The molecule has 0 N–H and O–H groups in total. The molecule has 7 aromatic carbocycles. The predicted molar refractivity (Wildman–Crippen MR) is 275 cm³/mol. The van der Waals surface area contributed by atoms with E-state index in [1.807, 2.05) is 11.3 Å². The van der Waals surface area contributed by atoms with E-state index in [-0.39, 0.29) is 28.4 Å². The van der Waals surface area contributed by atoms with Crippen LogP contribution in [0.25, 0.3) is 20.2 Å². The molecule has 3 nitrogen and oxygen atoms in total. The van der Waals surface area contributed by atoms with Crippen molar-refractivity contribution >= 4 is 88.7 Å². The second-order valence-corrected chi connectivity index (χ2v) is 23.0. The van der Waals surface area contributed by atoms with E-state index < -0.39 is 0 Å². The summed E-state index contributed by atoms with van der Waals surface area (Å²) in [7, 11) is 0. The average molecular weight is 843 g/mol. The Kier molecular flexibility index (Phi) is 9.41. The van der Waals surface area contributed by atoms with Gasteiger partial charge >= 0.3 is 0 Å². The lowest BCUT2D eigenvalue weighted by atomic mass is 9.34. The predicted octanol–water partition coefficient (Wildman–Crippen LogP) is 15.1. The molecule has 0 atom stereocenters. The van der Waals surface area contributed by atoms with Crippen molar-refractivity contribution in [3.63, 3.8) is 0 Å². The van der Waals surface area contributed by atoms with E-state index in [9.17, 15) is 0 Å². The van der Waals surface area contributed by atoms with Crippen LogP contribution in [0.3, 0.4) is 0 Å². The molecule has 2 aliphatic heterocycles. The molecule has 1 aromatic heterocycles. The van der Waals surface area contributed by atoms with Gasteiger partial charge in [0.15, 0.2) is 0 Å². The van der Waals surface area contributed by atoms with E-state index in [2.05, 4.69) is 232 Å². The zero-order chi connectivity index (χ0) is 44.4. The Hall–Kier alpha value is -5.78. The van der Waals surface area contributed by atoms with Gasteiger partial charge in [-0.3, -0.25) is 0 Å². The van der Waals surface area contributed by atoms with Gasteiger partial charge in [-0.2, -0.15) is 0 Å². The molecule has 63 heavy (non-hydrogen) atoms. The lowest BCUT2D eigenvalue weighted by Crippen LogP contribution is -2.59. The maximum absolute atomic E-state index is 6.92. The van der Waals surface area contributed by atoms with Gasteiger partial charge in [0, 0.05) is 43.9 Å². The smallest absolute Gasteiger partial charge is 0.256 e. The van der Waals surface area contributed by atoms with Crippen molar-refractivity contribution in [1.82, 2.24) is 0 Å². The minimum absolute atomic E-state index is 0.00720. The summed E-state index contributed by atoms with van der Waals surface area (Å²) in [4.78, 5) is 5.02. The van der Waals surface area contributed by atoms with Gasteiger partial charge in [0.25, 0.3) is 6.71 Å². The minimum atomic E-state index is -0.0336. The van der Waals surface area contributed by atoms with E-state index in [1.165, 1.54) is 64.5 Å². The minimum Gasteiger partial charge on any atom is -0.458 e. The van der Waals surface area contributed by atoms with Crippen LogP contribution in [-0.2, 0) is 21.7 Å². The SMILES string of the molecule is CC(C)(C)c1ccc(N(c2ccc(C(C)(C)C)cc2)c2cc(N3c4ccc(C(C)(C)C)cc4B4c5cc(C(C)(C)C)ccc5Oc5cccc3c54)cc3c2sc2ccccc23)cc1. The molecule has 0 bridgehead atoms. The molecule has 3 heterocycles. The topological polar surface area (TPSA) is 15.7 Å². The number of hydrogen-bond acceptors (Lipinski definition) is 4. The molecule has 8 aromatic rings. The number of hydrogen-bond donors (Lipinski definition) is 0. The molecular formula is C58H59BN2OS. The Morgan fingerprint density at radius 2 is 1.03 bits per heavy atom. The zero-order valence-corrected chi connectivity index (χ0v) is 39.9. The fourth-order valence-corrected chi connectivity index (χ4v) is 10.8. The average Bonchev–Trinajstić information content (AvgIpc) is 3.61. The van der Waals surface area contributed by atoms with Crippen LogP contribution >= 0.6 is 11.3 Å². The first kappa shape index (κ1) is 41.2. The number of fused-ring (bicyclic) bond motifs is 7. The van der Waals surface area contributed by atoms with Crippen molar-refractivity contribution in [2.45, 2.75) is 105 Å². The zero-order valence-electron chi connectivity index (χ0n) is 39.1. The Morgan fingerprint density at radius 3 is 1.63 bits per heavy atom. The normalized spacial score (nSPS) is 13.8. The van der Waals surface area contributed by atoms with E-state index in [0.717, 1.165) is 39.9 Å². The Labute approximate surface area is 379 Å². The quantitative estimate of drug-likeness (QED) is 0.164. The van der Waals surface area contributed by atoms with Crippen molar-refractivity contribution in [1.29, 1.82) is 0 Å². The van der Waals surface area contributed by atoms with Crippen LogP contribution in [0.2, 0.25) is 0 Å². The van der Waals surface area contributed by atoms with Crippen molar-refractivity contribution in [2.24, 2.45) is 0 Å². The molecule has 0 amide bonds. The number of nitrogens with zero attached hydrogens (tertiary/aromatic N) is 2. The summed E-state index contributed by atoms with van der Waals surface area (Å²) in [5.41, 5.74) is 16.0. The summed E-state index contributed by atoms with van der Waals surface area (Å²) in [6.07, 6.45) is 0. The molecule has 0 saturated heterocycles. The van der Waals surface area contributed by atoms with Crippen molar-refractivity contribution in [2.75, 3.05) is 9.80 Å². The second-order valence-electron chi connectivity index (χ2n) is 22.0. The molecule has 0 aliphatic carbocycles. The highest BCUT2D eigenvalue weighted by Gasteiger charge is 2.43. The first-order chi connectivity index (χ1) is 29.8. The van der Waals surface area contributed by atoms with Crippen LogP contribution < -0.4 is 30.9 Å². The highest BCUT2D eigenvalue weighted by molar-refractivity contribution is 7.26. The molecular weight excluding hydrogens is 784 g/mol. The van der Waals surface area contributed by atoms with Gasteiger partial charge in [0.05, 0.1) is 10.4 Å². The van der Waals surface area contributed by atoms with Gasteiger partial charge < -0.3 is 14.5 Å². The molecule has 10 rings (SSSR count). The summed E-state index contributed by atoms with van der Waals surface area (Å²) in [5.74, 6) is 1.87. The first-order valence-corrected chi connectivity index (χ1v) is 23.4. The third kappa shape index (κ3) is 7.04. The van der Waals surface area contributed by atoms with Crippen molar-refractivity contribution in [3.8, 4) is 11.5 Å². The summed E-state index contributed by atoms with van der Waals surface area (Å²) >= 11 is 1.88. The molecule has 0 fully saturated rings. The number of thiophene rings is 1. The molecule has 0 saturated carbocycles. The third-order valence-electron chi connectivity index (χ3n) is 13.4. The maximum atomic E-state index is 6.92. The maximum Gasteiger partial charge on any atom is 0.256 e. The fourth-order valence-electron chi connectivity index (χ4n) is 9.64. The van der Waals surface area contributed by atoms with E-state index in [4.69, 9.17) is 4.74 Å². The summed E-state index contributed by atoms with van der Waals surface area (Å²) in [6.45, 7) is 27.6. The summed E-state index contributed by atoms with van der Waals surface area (Å²) in [5, 5.41) is 2.52. The monoisotopic (exact) mass is 842 g/mol. The van der Waals surface area contributed by atoms with E-state index >= 15 is 0 Å². The fraction of sp³-hybridized carbons (Fsp3) is 0.276. The molecule has 5 heteroatoms. The molecule has 316 valence electrons. The van der Waals surface area contributed by atoms with Crippen LogP contribution in [0.4, 0.5) is 34.1 Å². The van der Waals surface area contributed by atoms with Crippen LogP contribution in [0.1, 0.15) is 105 Å². The van der Waals surface area contributed by atoms with Crippen LogP contribution in [-0.4, -0.2) is 6.71 Å². The number of anilines is 6.